The Labute approximate surface area is 193 Å². The van der Waals surface area contributed by atoms with Crippen molar-refractivity contribution >= 4 is 23.5 Å². The zero-order valence-electron chi connectivity index (χ0n) is 19.3. The molecule has 8 heteroatoms. The topological polar surface area (TPSA) is 91.0 Å². The van der Waals surface area contributed by atoms with Gasteiger partial charge in [0.2, 0.25) is 5.91 Å². The third kappa shape index (κ3) is 4.28. The summed E-state index contributed by atoms with van der Waals surface area (Å²) in [5.41, 5.74) is 4.87. The van der Waals surface area contributed by atoms with Crippen LogP contribution in [0.4, 0.5) is 10.5 Å². The molecule has 0 radical (unpaired) electrons. The average molecular weight is 449 g/mol. The maximum atomic E-state index is 13.3. The van der Waals surface area contributed by atoms with Gasteiger partial charge in [-0.3, -0.25) is 14.5 Å². The summed E-state index contributed by atoms with van der Waals surface area (Å²) in [6.45, 7) is 4.54. The molecule has 2 aliphatic heterocycles. The van der Waals surface area contributed by atoms with Crippen LogP contribution in [0, 0.1) is 13.8 Å². The van der Waals surface area contributed by atoms with Gasteiger partial charge in [0.25, 0.3) is 5.91 Å². The van der Waals surface area contributed by atoms with E-state index in [0.717, 1.165) is 22.4 Å². The summed E-state index contributed by atoms with van der Waals surface area (Å²) < 4.78 is 5.46. The maximum absolute atomic E-state index is 13.3. The number of nitrogens with zero attached hydrogens (tertiary/aromatic N) is 2. The zero-order valence-corrected chi connectivity index (χ0v) is 19.3. The summed E-state index contributed by atoms with van der Waals surface area (Å²) in [7, 11) is 3.20. The number of hydrogen-bond acceptors (Lipinski definition) is 4. The molecule has 172 valence electrons. The first-order valence-corrected chi connectivity index (χ1v) is 10.9. The highest BCUT2D eigenvalue weighted by Gasteiger charge is 2.43. The second-order valence-electron chi connectivity index (χ2n) is 8.37. The molecule has 8 nitrogen and oxygen atoms in total. The molecule has 33 heavy (non-hydrogen) atoms. The fraction of sp³-hybridized carbons (Fsp3) is 0.320. The number of likely N-dealkylation sites (N-methyl/N-ethyl adjacent to an activating group) is 1. The van der Waals surface area contributed by atoms with Gasteiger partial charge in [0.05, 0.1) is 31.0 Å². The summed E-state index contributed by atoms with van der Waals surface area (Å²) >= 11 is 0. The van der Waals surface area contributed by atoms with E-state index >= 15 is 0 Å². The van der Waals surface area contributed by atoms with Crippen molar-refractivity contribution in [1.29, 1.82) is 0 Å². The Hall–Kier alpha value is -3.81. The van der Waals surface area contributed by atoms with E-state index in [9.17, 15) is 14.4 Å². The van der Waals surface area contributed by atoms with Crippen LogP contribution in [0.3, 0.4) is 0 Å². The van der Waals surface area contributed by atoms with E-state index in [-0.39, 0.29) is 37.4 Å². The van der Waals surface area contributed by atoms with Crippen molar-refractivity contribution in [1.82, 2.24) is 15.1 Å². The molecule has 0 fully saturated rings. The van der Waals surface area contributed by atoms with Crippen LogP contribution in [0.5, 0.6) is 5.75 Å². The first-order chi connectivity index (χ1) is 15.8. The van der Waals surface area contributed by atoms with Crippen molar-refractivity contribution in [3.8, 4) is 5.75 Å². The van der Waals surface area contributed by atoms with Crippen molar-refractivity contribution < 1.29 is 19.1 Å². The summed E-state index contributed by atoms with van der Waals surface area (Å²) in [5.74, 6) is 0.240. The number of benzene rings is 2. The minimum atomic E-state index is -0.610. The van der Waals surface area contributed by atoms with Crippen molar-refractivity contribution in [3.63, 3.8) is 0 Å². The van der Waals surface area contributed by atoms with E-state index in [1.165, 1.54) is 4.90 Å². The average Bonchev–Trinajstić information content (AvgIpc) is 3.14. The Bertz CT molecular complexity index is 1160. The molecule has 1 atom stereocenters. The number of carbonyl (C=O) groups excluding carboxylic acids is 3. The van der Waals surface area contributed by atoms with Gasteiger partial charge >= 0.3 is 6.03 Å². The molecule has 4 amide bonds. The Kier molecular flexibility index (Phi) is 6.09. The van der Waals surface area contributed by atoms with E-state index < -0.39 is 6.04 Å². The smallest absolute Gasteiger partial charge is 0.322 e. The van der Waals surface area contributed by atoms with Crippen LogP contribution < -0.4 is 15.4 Å². The summed E-state index contributed by atoms with van der Waals surface area (Å²) in [5, 5.41) is 5.80. The van der Waals surface area contributed by atoms with Gasteiger partial charge in [-0.1, -0.05) is 24.3 Å². The number of methoxy groups -OCH3 is 1. The highest BCUT2D eigenvalue weighted by Crippen LogP contribution is 2.38. The number of para-hydroxylation sites is 1. The van der Waals surface area contributed by atoms with Gasteiger partial charge in [0.15, 0.2) is 0 Å². The lowest BCUT2D eigenvalue weighted by Gasteiger charge is -2.31. The first-order valence-electron chi connectivity index (χ1n) is 10.9. The van der Waals surface area contributed by atoms with Gasteiger partial charge in [-0.2, -0.15) is 0 Å². The number of nitrogens with one attached hydrogen (secondary N) is 2. The number of aryl methyl sites for hydroxylation is 2. The Morgan fingerprint density at radius 2 is 1.91 bits per heavy atom. The third-order valence-electron chi connectivity index (χ3n) is 6.28. The molecule has 2 heterocycles. The van der Waals surface area contributed by atoms with Crippen LogP contribution in [0.25, 0.3) is 0 Å². The molecule has 0 aliphatic carbocycles. The molecule has 2 aromatic carbocycles. The van der Waals surface area contributed by atoms with E-state index in [4.69, 9.17) is 4.74 Å². The van der Waals surface area contributed by atoms with Crippen molar-refractivity contribution in [2.45, 2.75) is 26.3 Å². The van der Waals surface area contributed by atoms with Gasteiger partial charge in [-0.25, -0.2) is 4.79 Å². The lowest BCUT2D eigenvalue weighted by Crippen LogP contribution is -2.45. The van der Waals surface area contributed by atoms with Crippen LogP contribution in [-0.4, -0.2) is 54.9 Å². The lowest BCUT2D eigenvalue weighted by atomic mass is 9.95. The van der Waals surface area contributed by atoms with E-state index in [0.29, 0.717) is 17.0 Å². The van der Waals surface area contributed by atoms with Crippen molar-refractivity contribution in [3.05, 3.63) is 70.4 Å². The standard InChI is InChI=1S/C25H28N4O4/c1-15-9-10-17(13-16(15)2)26-21(30)11-12-29-14-19-22(24(29)31)23(27-25(32)28(19)3)18-7-5-6-8-20(18)33-4/h5-10,13,23H,11-12,14H2,1-4H3,(H,26,30)(H,27,32)/t23-/m1/s1. The van der Waals surface area contributed by atoms with Crippen LogP contribution in [0.2, 0.25) is 0 Å². The predicted octanol–water partition coefficient (Wildman–Crippen LogP) is 3.13. The molecule has 0 saturated carbocycles. The minimum absolute atomic E-state index is 0.156. The highest BCUT2D eigenvalue weighted by atomic mass is 16.5. The molecule has 0 bridgehead atoms. The number of urea groups is 1. The second kappa shape index (κ2) is 8.97. The van der Waals surface area contributed by atoms with E-state index in [1.807, 2.05) is 50.2 Å². The normalized spacial score (nSPS) is 17.8. The molecular weight excluding hydrogens is 420 g/mol. The number of hydrogen-bond donors (Lipinski definition) is 2. The molecule has 2 aliphatic rings. The lowest BCUT2D eigenvalue weighted by molar-refractivity contribution is -0.126. The van der Waals surface area contributed by atoms with Gasteiger partial charge in [0, 0.05) is 31.3 Å². The minimum Gasteiger partial charge on any atom is -0.496 e. The third-order valence-corrected chi connectivity index (χ3v) is 6.28. The van der Waals surface area contributed by atoms with Crippen LogP contribution >= 0.6 is 0 Å². The predicted molar refractivity (Wildman–Crippen MR) is 125 cm³/mol. The van der Waals surface area contributed by atoms with Crippen LogP contribution in [-0.2, 0) is 9.59 Å². The van der Waals surface area contributed by atoms with Crippen molar-refractivity contribution in [2.24, 2.45) is 0 Å². The Morgan fingerprint density at radius 3 is 2.64 bits per heavy atom. The molecule has 0 saturated heterocycles. The molecule has 2 N–H and O–H groups in total. The zero-order chi connectivity index (χ0) is 23.7. The first kappa shape index (κ1) is 22.4. The number of anilines is 1. The van der Waals surface area contributed by atoms with E-state index in [2.05, 4.69) is 10.6 Å². The van der Waals surface area contributed by atoms with Gasteiger partial charge in [-0.05, 0) is 43.2 Å². The van der Waals surface area contributed by atoms with Crippen LogP contribution in [0.1, 0.15) is 29.2 Å². The second-order valence-corrected chi connectivity index (χ2v) is 8.37. The summed E-state index contributed by atoms with van der Waals surface area (Å²) in [4.78, 5) is 41.5. The molecule has 2 aromatic rings. The summed E-state index contributed by atoms with van der Waals surface area (Å²) in [6, 6.07) is 12.2. The van der Waals surface area contributed by atoms with Gasteiger partial charge < -0.3 is 20.3 Å². The van der Waals surface area contributed by atoms with Gasteiger partial charge in [-0.15, -0.1) is 0 Å². The largest absolute Gasteiger partial charge is 0.496 e. The maximum Gasteiger partial charge on any atom is 0.322 e. The number of rotatable bonds is 6. The fourth-order valence-corrected chi connectivity index (χ4v) is 4.22. The molecule has 0 aromatic heterocycles. The van der Waals surface area contributed by atoms with Gasteiger partial charge in [0.1, 0.15) is 5.75 Å². The van der Waals surface area contributed by atoms with Crippen LogP contribution in [0.15, 0.2) is 53.7 Å². The number of carbonyl (C=O) groups is 3. The number of ether oxygens (including phenoxy) is 1. The van der Waals surface area contributed by atoms with Crippen molar-refractivity contribution in [2.75, 3.05) is 32.6 Å². The van der Waals surface area contributed by atoms with E-state index in [1.54, 1.807) is 25.1 Å². The monoisotopic (exact) mass is 448 g/mol. The Morgan fingerprint density at radius 1 is 1.15 bits per heavy atom. The molecule has 0 spiro atoms. The fourth-order valence-electron chi connectivity index (χ4n) is 4.22. The quantitative estimate of drug-likeness (QED) is 0.710. The number of amides is 4. The highest BCUT2D eigenvalue weighted by molar-refractivity contribution is 6.02. The molecule has 0 unspecified atom stereocenters. The molecular formula is C25H28N4O4. The SMILES string of the molecule is COc1ccccc1[C@H]1NC(=O)N(C)C2=C1C(=O)N(CCC(=O)Nc1ccc(C)c(C)c1)C2. The summed E-state index contributed by atoms with van der Waals surface area (Å²) in [6.07, 6.45) is 0.156. The molecule has 4 rings (SSSR count). The Balaban J connectivity index is 1.49.